The number of hydrogen-bond donors (Lipinski definition) is 2. The minimum Gasteiger partial charge on any atom is -0.469 e. The summed E-state index contributed by atoms with van der Waals surface area (Å²) in [6.45, 7) is 4.13. The molecule has 0 unspecified atom stereocenters. The quantitative estimate of drug-likeness (QED) is 0.780. The molecule has 0 saturated carbocycles. The van der Waals surface area contributed by atoms with Crippen molar-refractivity contribution in [2.45, 2.75) is 32.8 Å². The van der Waals surface area contributed by atoms with Crippen LogP contribution in [0.4, 0.5) is 0 Å². The highest BCUT2D eigenvalue weighted by molar-refractivity contribution is 5.81. The summed E-state index contributed by atoms with van der Waals surface area (Å²) in [5, 5.41) is 12.4. The van der Waals surface area contributed by atoms with Crippen molar-refractivity contribution in [3.63, 3.8) is 0 Å². The Hall–Kier alpha value is -1.88. The van der Waals surface area contributed by atoms with Gasteiger partial charge in [0.1, 0.15) is 0 Å². The molecule has 0 aliphatic rings. The van der Waals surface area contributed by atoms with Crippen molar-refractivity contribution in [2.75, 3.05) is 13.7 Å². The van der Waals surface area contributed by atoms with Crippen molar-refractivity contribution >= 4 is 11.9 Å². The normalized spacial score (nSPS) is 10.8. The lowest BCUT2D eigenvalue weighted by Crippen LogP contribution is -2.28. The SMILES string of the molecule is CC.COC(=O)CCC(=O)NC[C@H](O)c1ccccc1. The van der Waals surface area contributed by atoms with E-state index in [2.05, 4.69) is 10.1 Å². The fraction of sp³-hybridized carbons (Fsp3) is 0.467. The molecular weight excluding hydrogens is 258 g/mol. The summed E-state index contributed by atoms with van der Waals surface area (Å²) in [7, 11) is 1.28. The molecule has 0 radical (unpaired) electrons. The molecule has 0 bridgehead atoms. The van der Waals surface area contributed by atoms with Crippen LogP contribution in [0.15, 0.2) is 30.3 Å². The van der Waals surface area contributed by atoms with Gasteiger partial charge in [0, 0.05) is 13.0 Å². The van der Waals surface area contributed by atoms with Crippen LogP contribution in [-0.2, 0) is 14.3 Å². The van der Waals surface area contributed by atoms with Gasteiger partial charge in [-0.05, 0) is 5.56 Å². The average Bonchev–Trinajstić information content (AvgIpc) is 2.52. The number of amides is 1. The van der Waals surface area contributed by atoms with Gasteiger partial charge in [0.05, 0.1) is 19.6 Å². The predicted octanol–water partition coefficient (Wildman–Crippen LogP) is 1.82. The lowest BCUT2D eigenvalue weighted by Gasteiger charge is -2.11. The van der Waals surface area contributed by atoms with E-state index >= 15 is 0 Å². The molecule has 0 aliphatic heterocycles. The summed E-state index contributed by atoms with van der Waals surface area (Å²) >= 11 is 0. The molecule has 0 aromatic heterocycles. The largest absolute Gasteiger partial charge is 0.469 e. The van der Waals surface area contributed by atoms with Crippen LogP contribution < -0.4 is 5.32 Å². The van der Waals surface area contributed by atoms with E-state index in [1.165, 1.54) is 7.11 Å². The molecule has 112 valence electrons. The molecular formula is C15H23NO4. The van der Waals surface area contributed by atoms with Crippen LogP contribution in [0.2, 0.25) is 0 Å². The van der Waals surface area contributed by atoms with Gasteiger partial charge in [0.25, 0.3) is 0 Å². The van der Waals surface area contributed by atoms with Crippen LogP contribution in [-0.4, -0.2) is 30.6 Å². The minimum atomic E-state index is -0.742. The Morgan fingerprint density at radius 1 is 1.20 bits per heavy atom. The first kappa shape index (κ1) is 18.1. The third-order valence-corrected chi connectivity index (χ3v) is 2.46. The van der Waals surface area contributed by atoms with Crippen molar-refractivity contribution in [3.8, 4) is 0 Å². The number of carbonyl (C=O) groups is 2. The number of aliphatic hydroxyl groups is 1. The molecule has 1 amide bonds. The number of carbonyl (C=O) groups excluding carboxylic acids is 2. The highest BCUT2D eigenvalue weighted by Crippen LogP contribution is 2.10. The van der Waals surface area contributed by atoms with Gasteiger partial charge in [-0.25, -0.2) is 0 Å². The molecule has 5 nitrogen and oxygen atoms in total. The van der Waals surface area contributed by atoms with Gasteiger partial charge in [-0.2, -0.15) is 0 Å². The van der Waals surface area contributed by atoms with Crippen LogP contribution in [0.25, 0.3) is 0 Å². The topological polar surface area (TPSA) is 75.6 Å². The van der Waals surface area contributed by atoms with Crippen LogP contribution in [0.3, 0.4) is 0 Å². The molecule has 0 saturated heterocycles. The predicted molar refractivity (Wildman–Crippen MR) is 77.0 cm³/mol. The first-order chi connectivity index (χ1) is 9.63. The number of benzene rings is 1. The fourth-order valence-electron chi connectivity index (χ4n) is 1.41. The Balaban J connectivity index is 0.00000172. The summed E-state index contributed by atoms with van der Waals surface area (Å²) in [6, 6.07) is 9.05. The van der Waals surface area contributed by atoms with E-state index in [9.17, 15) is 14.7 Å². The summed E-state index contributed by atoms with van der Waals surface area (Å²) in [5.41, 5.74) is 0.741. The highest BCUT2D eigenvalue weighted by atomic mass is 16.5. The number of hydrogen-bond acceptors (Lipinski definition) is 4. The molecule has 1 aromatic carbocycles. The Labute approximate surface area is 120 Å². The Bertz CT molecular complexity index is 392. The smallest absolute Gasteiger partial charge is 0.306 e. The van der Waals surface area contributed by atoms with Crippen LogP contribution in [0.5, 0.6) is 0 Å². The molecule has 5 heteroatoms. The number of rotatable bonds is 6. The second kappa shape index (κ2) is 11.0. The van der Waals surface area contributed by atoms with Gasteiger partial charge in [-0.1, -0.05) is 44.2 Å². The van der Waals surface area contributed by atoms with E-state index in [1.807, 2.05) is 32.0 Å². The Morgan fingerprint density at radius 3 is 2.35 bits per heavy atom. The van der Waals surface area contributed by atoms with Crippen molar-refractivity contribution in [1.82, 2.24) is 5.32 Å². The monoisotopic (exact) mass is 281 g/mol. The van der Waals surface area contributed by atoms with Crippen LogP contribution in [0, 0.1) is 0 Å². The summed E-state index contributed by atoms with van der Waals surface area (Å²) in [5.74, 6) is -0.705. The van der Waals surface area contributed by atoms with Gasteiger partial charge in [0.2, 0.25) is 5.91 Å². The zero-order valence-electron chi connectivity index (χ0n) is 12.3. The van der Waals surface area contributed by atoms with Crippen molar-refractivity contribution in [1.29, 1.82) is 0 Å². The highest BCUT2D eigenvalue weighted by Gasteiger charge is 2.10. The van der Waals surface area contributed by atoms with Gasteiger partial charge in [-0.15, -0.1) is 0 Å². The molecule has 0 aliphatic carbocycles. The number of methoxy groups -OCH3 is 1. The molecule has 0 fully saturated rings. The lowest BCUT2D eigenvalue weighted by atomic mass is 10.1. The maximum Gasteiger partial charge on any atom is 0.306 e. The van der Waals surface area contributed by atoms with Gasteiger partial charge < -0.3 is 15.2 Å². The average molecular weight is 281 g/mol. The van der Waals surface area contributed by atoms with E-state index in [0.717, 1.165) is 5.56 Å². The van der Waals surface area contributed by atoms with E-state index < -0.39 is 12.1 Å². The van der Waals surface area contributed by atoms with E-state index in [1.54, 1.807) is 12.1 Å². The third kappa shape index (κ3) is 7.53. The second-order valence-electron chi connectivity index (χ2n) is 3.81. The van der Waals surface area contributed by atoms with Gasteiger partial charge in [0.15, 0.2) is 0 Å². The van der Waals surface area contributed by atoms with Crippen molar-refractivity contribution < 1.29 is 19.4 Å². The molecule has 1 atom stereocenters. The maximum atomic E-state index is 11.4. The summed E-state index contributed by atoms with van der Waals surface area (Å²) in [6.07, 6.45) is -0.633. The zero-order chi connectivity index (χ0) is 15.4. The maximum absolute atomic E-state index is 11.4. The third-order valence-electron chi connectivity index (χ3n) is 2.46. The fourth-order valence-corrected chi connectivity index (χ4v) is 1.41. The van der Waals surface area contributed by atoms with Crippen LogP contribution in [0.1, 0.15) is 38.4 Å². The number of esters is 1. The molecule has 1 rings (SSSR count). The van der Waals surface area contributed by atoms with Crippen molar-refractivity contribution in [3.05, 3.63) is 35.9 Å². The second-order valence-corrected chi connectivity index (χ2v) is 3.81. The first-order valence-corrected chi connectivity index (χ1v) is 6.70. The summed E-state index contributed by atoms with van der Waals surface area (Å²) < 4.78 is 4.43. The van der Waals surface area contributed by atoms with Crippen LogP contribution >= 0.6 is 0 Å². The number of aliphatic hydroxyl groups excluding tert-OH is 1. The minimum absolute atomic E-state index is 0.0454. The number of nitrogens with one attached hydrogen (secondary N) is 1. The zero-order valence-corrected chi connectivity index (χ0v) is 12.3. The molecule has 2 N–H and O–H groups in total. The first-order valence-electron chi connectivity index (χ1n) is 6.70. The number of ether oxygens (including phenoxy) is 1. The van der Waals surface area contributed by atoms with E-state index in [4.69, 9.17) is 0 Å². The molecule has 20 heavy (non-hydrogen) atoms. The molecule has 0 heterocycles. The Morgan fingerprint density at radius 2 is 1.80 bits per heavy atom. The van der Waals surface area contributed by atoms with E-state index in [0.29, 0.717) is 0 Å². The van der Waals surface area contributed by atoms with E-state index in [-0.39, 0.29) is 25.3 Å². The Kier molecular flexibility index (Phi) is 9.96. The lowest BCUT2D eigenvalue weighted by molar-refractivity contribution is -0.142. The standard InChI is InChI=1S/C13H17NO4.C2H6/c1-18-13(17)8-7-12(16)14-9-11(15)10-5-3-2-4-6-10;1-2/h2-6,11,15H,7-9H2,1H3,(H,14,16);1-2H3/t11-;/m0./s1. The summed E-state index contributed by atoms with van der Waals surface area (Å²) in [4.78, 5) is 22.2. The molecule has 0 spiro atoms. The van der Waals surface area contributed by atoms with Crippen molar-refractivity contribution in [2.24, 2.45) is 0 Å². The molecule has 1 aromatic rings. The van der Waals surface area contributed by atoms with Gasteiger partial charge in [-0.3, -0.25) is 9.59 Å². The van der Waals surface area contributed by atoms with Gasteiger partial charge >= 0.3 is 5.97 Å².